The van der Waals surface area contributed by atoms with E-state index in [-0.39, 0.29) is 6.54 Å². The summed E-state index contributed by atoms with van der Waals surface area (Å²) in [4.78, 5) is 0. The van der Waals surface area contributed by atoms with Crippen molar-refractivity contribution in [3.63, 3.8) is 0 Å². The van der Waals surface area contributed by atoms with E-state index in [4.69, 9.17) is 11.0 Å². The highest BCUT2D eigenvalue weighted by Gasteiger charge is 2.03. The van der Waals surface area contributed by atoms with Crippen LogP contribution in [0.15, 0.2) is 30.6 Å². The van der Waals surface area contributed by atoms with Gasteiger partial charge in [0, 0.05) is 18.3 Å². The van der Waals surface area contributed by atoms with Gasteiger partial charge >= 0.3 is 0 Å². The second-order valence-corrected chi connectivity index (χ2v) is 3.93. The zero-order valence-electron chi connectivity index (χ0n) is 9.72. The summed E-state index contributed by atoms with van der Waals surface area (Å²) < 4.78 is 1.63. The number of rotatable bonds is 3. The van der Waals surface area contributed by atoms with Crippen molar-refractivity contribution in [3.05, 3.63) is 41.7 Å². The number of nitrogens with two attached hydrogens (primary N) is 1. The second kappa shape index (κ2) is 4.81. The summed E-state index contributed by atoms with van der Waals surface area (Å²) in [6.07, 6.45) is 3.65. The summed E-state index contributed by atoms with van der Waals surface area (Å²) in [7, 11) is 0. The first-order chi connectivity index (χ1) is 8.24. The maximum Gasteiger partial charge on any atom is 0.128 e. The van der Waals surface area contributed by atoms with E-state index in [0.717, 1.165) is 16.7 Å². The van der Waals surface area contributed by atoms with Crippen LogP contribution in [-0.4, -0.2) is 9.78 Å². The van der Waals surface area contributed by atoms with Gasteiger partial charge in [-0.3, -0.25) is 4.68 Å². The maximum atomic E-state index is 8.59. The Kier molecular flexibility index (Phi) is 3.22. The Morgan fingerprint density at radius 3 is 2.88 bits per heavy atom. The van der Waals surface area contributed by atoms with Crippen LogP contribution in [0.4, 0.5) is 0 Å². The lowest BCUT2D eigenvalue weighted by molar-refractivity contribution is 0.710. The molecule has 86 valence electrons. The van der Waals surface area contributed by atoms with Crippen molar-refractivity contribution in [1.82, 2.24) is 9.78 Å². The van der Waals surface area contributed by atoms with Crippen LogP contribution in [0.3, 0.4) is 0 Å². The largest absolute Gasteiger partial charge is 0.326 e. The number of nitrogens with zero attached hydrogens (tertiary/aromatic N) is 3. The monoisotopic (exact) mass is 226 g/mol. The first kappa shape index (κ1) is 11.4. The first-order valence-electron chi connectivity index (χ1n) is 5.44. The van der Waals surface area contributed by atoms with Gasteiger partial charge in [-0.05, 0) is 23.6 Å². The standard InChI is InChI=1S/C13H14N4/c1-10-6-11(2-3-12(10)7-15)13-8-16-17(9-13)5-4-14/h2-3,6,8-9H,5,7,15H2,1H3. The fraction of sp³-hybridized carbons (Fsp3) is 0.231. The van der Waals surface area contributed by atoms with Crippen molar-refractivity contribution < 1.29 is 0 Å². The van der Waals surface area contributed by atoms with E-state index >= 15 is 0 Å². The Hall–Kier alpha value is -2.12. The predicted molar refractivity (Wildman–Crippen MR) is 65.9 cm³/mol. The summed E-state index contributed by atoms with van der Waals surface area (Å²) >= 11 is 0. The summed E-state index contributed by atoms with van der Waals surface area (Å²) in [5.74, 6) is 0. The van der Waals surface area contributed by atoms with E-state index in [1.165, 1.54) is 5.56 Å². The van der Waals surface area contributed by atoms with Gasteiger partial charge in [0.05, 0.1) is 12.3 Å². The van der Waals surface area contributed by atoms with Gasteiger partial charge in [0.2, 0.25) is 0 Å². The number of benzene rings is 1. The van der Waals surface area contributed by atoms with E-state index in [9.17, 15) is 0 Å². The van der Waals surface area contributed by atoms with Crippen LogP contribution in [-0.2, 0) is 13.1 Å². The molecule has 0 amide bonds. The van der Waals surface area contributed by atoms with Crippen molar-refractivity contribution in [2.75, 3.05) is 0 Å². The third-order valence-electron chi connectivity index (χ3n) is 2.76. The van der Waals surface area contributed by atoms with Crippen LogP contribution >= 0.6 is 0 Å². The summed E-state index contributed by atoms with van der Waals surface area (Å²) in [5.41, 5.74) is 10.1. The van der Waals surface area contributed by atoms with Crippen molar-refractivity contribution in [1.29, 1.82) is 5.26 Å². The molecule has 0 fully saturated rings. The van der Waals surface area contributed by atoms with Crippen molar-refractivity contribution in [3.8, 4) is 17.2 Å². The third kappa shape index (κ3) is 2.35. The minimum absolute atomic E-state index is 0.278. The predicted octanol–water partition coefficient (Wildman–Crippen LogP) is 1.84. The fourth-order valence-electron chi connectivity index (χ4n) is 1.78. The molecule has 0 aliphatic rings. The van der Waals surface area contributed by atoms with Gasteiger partial charge in [-0.25, -0.2) is 0 Å². The van der Waals surface area contributed by atoms with Gasteiger partial charge in [0.1, 0.15) is 6.54 Å². The topological polar surface area (TPSA) is 67.6 Å². The van der Waals surface area contributed by atoms with E-state index in [2.05, 4.69) is 17.2 Å². The fourth-order valence-corrected chi connectivity index (χ4v) is 1.78. The minimum atomic E-state index is 0.278. The maximum absolute atomic E-state index is 8.59. The Morgan fingerprint density at radius 1 is 1.41 bits per heavy atom. The Bertz CT molecular complexity index is 563. The van der Waals surface area contributed by atoms with E-state index < -0.39 is 0 Å². The lowest BCUT2D eigenvalue weighted by Crippen LogP contribution is -1.98. The van der Waals surface area contributed by atoms with Crippen molar-refractivity contribution >= 4 is 0 Å². The molecular formula is C13H14N4. The highest BCUT2D eigenvalue weighted by molar-refractivity contribution is 5.63. The molecule has 2 rings (SSSR count). The van der Waals surface area contributed by atoms with Crippen LogP contribution in [0.1, 0.15) is 11.1 Å². The summed E-state index contributed by atoms with van der Waals surface area (Å²) in [5, 5.41) is 12.7. The molecule has 1 aromatic carbocycles. The van der Waals surface area contributed by atoms with Crippen LogP contribution in [0.5, 0.6) is 0 Å². The van der Waals surface area contributed by atoms with Gasteiger partial charge in [-0.15, -0.1) is 0 Å². The number of nitriles is 1. The van der Waals surface area contributed by atoms with Crippen LogP contribution in [0.2, 0.25) is 0 Å². The number of hydrogen-bond donors (Lipinski definition) is 1. The molecule has 1 heterocycles. The lowest BCUT2D eigenvalue weighted by Gasteiger charge is -2.04. The van der Waals surface area contributed by atoms with E-state index in [1.807, 2.05) is 25.3 Å². The van der Waals surface area contributed by atoms with Gasteiger partial charge in [-0.1, -0.05) is 18.2 Å². The van der Waals surface area contributed by atoms with Crippen LogP contribution in [0, 0.1) is 18.3 Å². The van der Waals surface area contributed by atoms with Crippen molar-refractivity contribution in [2.24, 2.45) is 5.73 Å². The second-order valence-electron chi connectivity index (χ2n) is 3.93. The van der Waals surface area contributed by atoms with Gasteiger partial charge in [0.15, 0.2) is 0 Å². The zero-order chi connectivity index (χ0) is 12.3. The molecule has 0 atom stereocenters. The number of aryl methyl sites for hydroxylation is 1. The Labute approximate surface area is 100 Å². The van der Waals surface area contributed by atoms with Gasteiger partial charge in [0.25, 0.3) is 0 Å². The zero-order valence-corrected chi connectivity index (χ0v) is 9.72. The first-order valence-corrected chi connectivity index (χ1v) is 5.44. The third-order valence-corrected chi connectivity index (χ3v) is 2.76. The van der Waals surface area contributed by atoms with Crippen molar-refractivity contribution in [2.45, 2.75) is 20.0 Å². The Balaban J connectivity index is 2.33. The molecular weight excluding hydrogens is 212 g/mol. The molecule has 2 N–H and O–H groups in total. The summed E-state index contributed by atoms with van der Waals surface area (Å²) in [6.45, 7) is 2.88. The molecule has 4 nitrogen and oxygen atoms in total. The van der Waals surface area contributed by atoms with Gasteiger partial charge < -0.3 is 5.73 Å². The molecule has 0 saturated heterocycles. The average Bonchev–Trinajstić information content (AvgIpc) is 2.78. The molecule has 0 radical (unpaired) electrons. The number of aromatic nitrogens is 2. The van der Waals surface area contributed by atoms with E-state index in [1.54, 1.807) is 10.9 Å². The normalized spacial score (nSPS) is 10.2. The quantitative estimate of drug-likeness (QED) is 0.868. The molecule has 0 aliphatic heterocycles. The highest BCUT2D eigenvalue weighted by Crippen LogP contribution is 2.21. The van der Waals surface area contributed by atoms with Crippen LogP contribution in [0.25, 0.3) is 11.1 Å². The minimum Gasteiger partial charge on any atom is -0.326 e. The molecule has 17 heavy (non-hydrogen) atoms. The van der Waals surface area contributed by atoms with Gasteiger partial charge in [-0.2, -0.15) is 10.4 Å². The van der Waals surface area contributed by atoms with Crippen LogP contribution < -0.4 is 5.73 Å². The van der Waals surface area contributed by atoms with E-state index in [0.29, 0.717) is 6.54 Å². The molecule has 4 heteroatoms. The Morgan fingerprint density at radius 2 is 2.24 bits per heavy atom. The molecule has 0 spiro atoms. The molecule has 0 unspecified atom stereocenters. The molecule has 2 aromatic rings. The summed E-state index contributed by atoms with van der Waals surface area (Å²) in [6, 6.07) is 8.22. The molecule has 1 aromatic heterocycles. The highest BCUT2D eigenvalue weighted by atomic mass is 15.3. The lowest BCUT2D eigenvalue weighted by atomic mass is 10.0. The molecule has 0 saturated carbocycles. The number of hydrogen-bond acceptors (Lipinski definition) is 3. The SMILES string of the molecule is Cc1cc(-c2cnn(CC#N)c2)ccc1CN. The molecule has 0 bridgehead atoms. The average molecular weight is 226 g/mol. The smallest absolute Gasteiger partial charge is 0.128 e. The molecule has 0 aliphatic carbocycles.